The Labute approximate surface area is 89.2 Å². The molecule has 0 amide bonds. The Kier molecular flexibility index (Phi) is 3.36. The van der Waals surface area contributed by atoms with Gasteiger partial charge in [-0.15, -0.1) is 11.3 Å². The summed E-state index contributed by atoms with van der Waals surface area (Å²) in [5.41, 5.74) is 1.39. The van der Waals surface area contributed by atoms with Crippen LogP contribution in [0.25, 0.3) is 0 Å². The average Bonchev–Trinajstić information content (AvgIpc) is 2.72. The highest BCUT2D eigenvalue weighted by atomic mass is 32.1. The van der Waals surface area contributed by atoms with E-state index in [0.717, 1.165) is 12.8 Å². The van der Waals surface area contributed by atoms with Gasteiger partial charge < -0.3 is 0 Å². The maximum atomic E-state index is 2.33. The number of thiophene rings is 1. The number of rotatable bonds is 4. The molecule has 0 aliphatic heterocycles. The molecular weight excluding hydrogens is 188 g/mol. The highest BCUT2D eigenvalue weighted by Gasteiger charge is 1.95. The molecule has 1 aromatic heterocycles. The number of hydrogen-bond acceptors (Lipinski definition) is 1. The van der Waals surface area contributed by atoms with Crippen LogP contribution in [0.3, 0.4) is 0 Å². The van der Waals surface area contributed by atoms with Gasteiger partial charge in [-0.3, -0.25) is 0 Å². The van der Waals surface area contributed by atoms with Crippen molar-refractivity contribution in [1.82, 2.24) is 0 Å². The first-order valence-electron chi connectivity index (χ1n) is 4.83. The van der Waals surface area contributed by atoms with Crippen LogP contribution >= 0.6 is 11.3 Å². The zero-order valence-corrected chi connectivity index (χ0v) is 8.84. The summed E-state index contributed by atoms with van der Waals surface area (Å²) in [6.07, 6.45) is 4.49. The van der Waals surface area contributed by atoms with Gasteiger partial charge in [0.25, 0.3) is 0 Å². The predicted octanol–water partition coefficient (Wildman–Crippen LogP) is 3.74. The molecule has 1 aromatic carbocycles. The molecule has 0 aliphatic carbocycles. The van der Waals surface area contributed by atoms with E-state index >= 15 is 0 Å². The van der Waals surface area contributed by atoms with Gasteiger partial charge in [-0.2, -0.15) is 0 Å². The van der Waals surface area contributed by atoms with Gasteiger partial charge in [0.1, 0.15) is 0 Å². The van der Waals surface area contributed by atoms with E-state index in [9.17, 15) is 0 Å². The molecule has 0 spiro atoms. The summed E-state index contributed by atoms with van der Waals surface area (Å²) in [6.45, 7) is 0. The molecule has 2 aromatic rings. The third-order valence-electron chi connectivity index (χ3n) is 2.15. The van der Waals surface area contributed by atoms with Crippen LogP contribution in [0.1, 0.15) is 10.4 Å². The van der Waals surface area contributed by atoms with Gasteiger partial charge in [0.2, 0.25) is 0 Å². The second-order valence-electron chi connectivity index (χ2n) is 3.26. The summed E-state index contributed by atoms with van der Waals surface area (Å²) < 4.78 is 0. The fourth-order valence-corrected chi connectivity index (χ4v) is 2.13. The van der Waals surface area contributed by atoms with Crippen molar-refractivity contribution < 1.29 is 0 Å². The minimum absolute atomic E-state index is 1.07. The summed E-state index contributed by atoms with van der Waals surface area (Å²) in [7, 11) is 0. The van der Waals surface area contributed by atoms with Crippen LogP contribution in [0.15, 0.2) is 47.8 Å². The van der Waals surface area contributed by atoms with Gasteiger partial charge in [0.05, 0.1) is 0 Å². The van der Waals surface area contributed by atoms with Crippen molar-refractivity contribution in [2.24, 2.45) is 0 Å². The van der Waals surface area contributed by atoms with Crippen molar-refractivity contribution in [3.63, 3.8) is 0 Å². The Morgan fingerprint density at radius 3 is 2.50 bits per heavy atom. The molecule has 1 radical (unpaired) electrons. The monoisotopic (exact) mass is 201 g/mol. The topological polar surface area (TPSA) is 0 Å². The van der Waals surface area contributed by atoms with Crippen LogP contribution in [0.5, 0.6) is 0 Å². The second kappa shape index (κ2) is 4.97. The molecule has 0 saturated heterocycles. The lowest BCUT2D eigenvalue weighted by molar-refractivity contribution is 1.05. The zero-order valence-electron chi connectivity index (χ0n) is 8.02. The van der Waals surface area contributed by atoms with E-state index in [1.807, 2.05) is 11.3 Å². The van der Waals surface area contributed by atoms with E-state index in [1.54, 1.807) is 0 Å². The molecule has 0 aliphatic rings. The minimum Gasteiger partial charge on any atom is -0.149 e. The Balaban J connectivity index is 1.79. The smallest absolute Gasteiger partial charge is 0.00482 e. The highest BCUT2D eigenvalue weighted by molar-refractivity contribution is 7.09. The second-order valence-corrected chi connectivity index (χ2v) is 4.29. The predicted molar refractivity (Wildman–Crippen MR) is 62.5 cm³/mol. The molecule has 0 N–H and O–H groups in total. The summed E-state index contributed by atoms with van der Waals surface area (Å²) in [6, 6.07) is 14.9. The van der Waals surface area contributed by atoms with Crippen molar-refractivity contribution in [2.45, 2.75) is 12.8 Å². The van der Waals surface area contributed by atoms with Crippen LogP contribution < -0.4 is 0 Å². The maximum absolute atomic E-state index is 2.33. The number of hydrogen-bond donors (Lipinski definition) is 0. The summed E-state index contributed by atoms with van der Waals surface area (Å²) in [5, 5.41) is 2.13. The molecule has 71 valence electrons. The third-order valence-corrected chi connectivity index (χ3v) is 3.05. The Morgan fingerprint density at radius 1 is 0.929 bits per heavy atom. The van der Waals surface area contributed by atoms with Crippen LogP contribution in [-0.4, -0.2) is 0 Å². The fourth-order valence-electron chi connectivity index (χ4n) is 1.42. The molecule has 0 bridgehead atoms. The summed E-state index contributed by atoms with van der Waals surface area (Å²) >= 11 is 1.83. The Hall–Kier alpha value is -1.08. The fraction of sp³-hybridized carbons (Fsp3) is 0.154. The van der Waals surface area contributed by atoms with Crippen LogP contribution in [0.4, 0.5) is 0 Å². The standard InChI is InChI=1S/C13H13S/c1-2-6-12(7-3-1)8-4-9-13-10-5-11-14-13/h1-7,10-11H,8-9H2. The first-order valence-corrected chi connectivity index (χ1v) is 5.71. The average molecular weight is 201 g/mol. The largest absolute Gasteiger partial charge is 0.149 e. The molecule has 14 heavy (non-hydrogen) atoms. The van der Waals surface area contributed by atoms with E-state index in [4.69, 9.17) is 0 Å². The van der Waals surface area contributed by atoms with Gasteiger partial charge in [-0.05, 0) is 36.3 Å². The lowest BCUT2D eigenvalue weighted by atomic mass is 10.1. The maximum Gasteiger partial charge on any atom is 0.00482 e. The van der Waals surface area contributed by atoms with Crippen LogP contribution in [-0.2, 0) is 12.8 Å². The molecule has 0 saturated carbocycles. The van der Waals surface area contributed by atoms with Crippen molar-refractivity contribution in [2.75, 3.05) is 0 Å². The molecular formula is C13H13S. The first kappa shape index (κ1) is 9.47. The van der Waals surface area contributed by atoms with E-state index in [2.05, 4.69) is 54.3 Å². The normalized spacial score (nSPS) is 10.3. The van der Waals surface area contributed by atoms with Crippen LogP contribution in [0.2, 0.25) is 0 Å². The lowest BCUT2D eigenvalue weighted by Gasteiger charge is -1.98. The molecule has 0 nitrogen and oxygen atoms in total. The third kappa shape index (κ3) is 2.71. The molecule has 1 heteroatoms. The van der Waals surface area contributed by atoms with E-state index in [0.29, 0.717) is 0 Å². The highest BCUT2D eigenvalue weighted by Crippen LogP contribution is 2.12. The van der Waals surface area contributed by atoms with Gasteiger partial charge in [-0.1, -0.05) is 36.4 Å². The minimum atomic E-state index is 1.07. The lowest BCUT2D eigenvalue weighted by Crippen LogP contribution is -1.88. The van der Waals surface area contributed by atoms with Gasteiger partial charge in [0.15, 0.2) is 0 Å². The van der Waals surface area contributed by atoms with E-state index in [-0.39, 0.29) is 0 Å². The molecule has 1 heterocycles. The van der Waals surface area contributed by atoms with Crippen molar-refractivity contribution >= 4 is 11.3 Å². The Bertz CT molecular complexity index is 348. The van der Waals surface area contributed by atoms with Crippen molar-refractivity contribution in [3.05, 3.63) is 64.7 Å². The number of benzene rings is 1. The molecule has 0 unspecified atom stereocenters. The quantitative estimate of drug-likeness (QED) is 0.707. The Morgan fingerprint density at radius 2 is 1.79 bits per heavy atom. The van der Waals surface area contributed by atoms with Gasteiger partial charge in [-0.25, -0.2) is 0 Å². The van der Waals surface area contributed by atoms with Gasteiger partial charge in [0, 0.05) is 4.88 Å². The van der Waals surface area contributed by atoms with Crippen molar-refractivity contribution in [1.29, 1.82) is 0 Å². The molecule has 2 rings (SSSR count). The van der Waals surface area contributed by atoms with E-state index < -0.39 is 0 Å². The molecule has 0 atom stereocenters. The summed E-state index contributed by atoms with van der Waals surface area (Å²) in [5.74, 6) is 0. The van der Waals surface area contributed by atoms with Crippen LogP contribution in [0, 0.1) is 6.42 Å². The summed E-state index contributed by atoms with van der Waals surface area (Å²) in [4.78, 5) is 1.45. The van der Waals surface area contributed by atoms with Gasteiger partial charge >= 0.3 is 0 Å². The molecule has 0 fully saturated rings. The first-order chi connectivity index (χ1) is 6.95. The van der Waals surface area contributed by atoms with Crippen molar-refractivity contribution in [3.8, 4) is 0 Å². The SMILES string of the molecule is [CH](Cc1ccccc1)Cc1cccs1. The van der Waals surface area contributed by atoms with E-state index in [1.165, 1.54) is 10.4 Å². The zero-order chi connectivity index (χ0) is 9.64.